The van der Waals surface area contributed by atoms with Gasteiger partial charge in [-0.2, -0.15) is 0 Å². The highest BCUT2D eigenvalue weighted by molar-refractivity contribution is 7.90. The fourth-order valence-electron chi connectivity index (χ4n) is 2.10. The SMILES string of the molecule is CN(C)c1cccc(CNC(=O)c2cccc(S(C)(=O)=O)c2)c1. The molecule has 2 aromatic rings. The van der Waals surface area contributed by atoms with E-state index >= 15 is 0 Å². The lowest BCUT2D eigenvalue weighted by atomic mass is 10.1. The molecule has 0 fully saturated rings. The largest absolute Gasteiger partial charge is 0.378 e. The maximum atomic E-state index is 12.2. The van der Waals surface area contributed by atoms with Crippen LogP contribution in [0.4, 0.5) is 5.69 Å². The van der Waals surface area contributed by atoms with Crippen LogP contribution in [-0.4, -0.2) is 34.7 Å². The molecule has 0 heterocycles. The molecule has 1 N–H and O–H groups in total. The molecule has 0 saturated carbocycles. The molecule has 5 nitrogen and oxygen atoms in total. The van der Waals surface area contributed by atoms with Gasteiger partial charge in [-0.25, -0.2) is 8.42 Å². The van der Waals surface area contributed by atoms with Gasteiger partial charge >= 0.3 is 0 Å². The average molecular weight is 332 g/mol. The Morgan fingerprint density at radius 1 is 1.09 bits per heavy atom. The minimum atomic E-state index is -3.33. The summed E-state index contributed by atoms with van der Waals surface area (Å²) in [6.07, 6.45) is 1.12. The number of amides is 1. The lowest BCUT2D eigenvalue weighted by molar-refractivity contribution is 0.0950. The quantitative estimate of drug-likeness (QED) is 0.910. The molecule has 0 aliphatic heterocycles. The van der Waals surface area contributed by atoms with Crippen LogP contribution in [0.3, 0.4) is 0 Å². The highest BCUT2D eigenvalue weighted by Gasteiger charge is 2.11. The second-order valence-corrected chi connectivity index (χ2v) is 7.56. The van der Waals surface area contributed by atoms with Gasteiger partial charge in [-0.15, -0.1) is 0 Å². The number of anilines is 1. The number of benzene rings is 2. The highest BCUT2D eigenvalue weighted by Crippen LogP contribution is 2.14. The van der Waals surface area contributed by atoms with Crippen molar-refractivity contribution in [2.24, 2.45) is 0 Å². The maximum Gasteiger partial charge on any atom is 0.251 e. The minimum Gasteiger partial charge on any atom is -0.378 e. The van der Waals surface area contributed by atoms with Crippen LogP contribution in [0, 0.1) is 0 Å². The minimum absolute atomic E-state index is 0.139. The molecule has 0 aromatic heterocycles. The van der Waals surface area contributed by atoms with Crippen LogP contribution < -0.4 is 10.2 Å². The Hall–Kier alpha value is -2.34. The van der Waals surface area contributed by atoms with E-state index in [1.165, 1.54) is 12.1 Å². The molecule has 0 spiro atoms. The van der Waals surface area contributed by atoms with Crippen LogP contribution in [0.1, 0.15) is 15.9 Å². The van der Waals surface area contributed by atoms with Crippen molar-refractivity contribution in [2.45, 2.75) is 11.4 Å². The fraction of sp³-hybridized carbons (Fsp3) is 0.235. The van der Waals surface area contributed by atoms with Crippen LogP contribution in [0.25, 0.3) is 0 Å². The summed E-state index contributed by atoms with van der Waals surface area (Å²) >= 11 is 0. The standard InChI is InChI=1S/C17H20N2O3S/c1-19(2)15-8-4-6-13(10-15)12-18-17(20)14-7-5-9-16(11-14)23(3,21)22/h4-11H,12H2,1-3H3,(H,18,20). The van der Waals surface area contributed by atoms with Gasteiger partial charge < -0.3 is 10.2 Å². The predicted molar refractivity (Wildman–Crippen MR) is 91.5 cm³/mol. The van der Waals surface area contributed by atoms with Gasteiger partial charge in [0.1, 0.15) is 0 Å². The van der Waals surface area contributed by atoms with Crippen molar-refractivity contribution in [2.75, 3.05) is 25.3 Å². The molecule has 0 radical (unpaired) electrons. The number of hydrogen-bond donors (Lipinski definition) is 1. The van der Waals surface area contributed by atoms with Gasteiger partial charge in [0.2, 0.25) is 0 Å². The number of hydrogen-bond acceptors (Lipinski definition) is 4. The molecule has 23 heavy (non-hydrogen) atoms. The van der Waals surface area contributed by atoms with E-state index in [0.717, 1.165) is 17.5 Å². The van der Waals surface area contributed by atoms with Crippen molar-refractivity contribution in [3.63, 3.8) is 0 Å². The molecular weight excluding hydrogens is 312 g/mol. The summed E-state index contributed by atoms with van der Waals surface area (Å²) in [5.41, 5.74) is 2.36. The van der Waals surface area contributed by atoms with Crippen molar-refractivity contribution in [3.05, 3.63) is 59.7 Å². The number of carbonyl (C=O) groups is 1. The fourth-order valence-corrected chi connectivity index (χ4v) is 2.76. The normalized spacial score (nSPS) is 11.1. The Balaban J connectivity index is 2.10. The summed E-state index contributed by atoms with van der Waals surface area (Å²) in [5, 5.41) is 2.81. The number of nitrogens with zero attached hydrogens (tertiary/aromatic N) is 1. The van der Waals surface area contributed by atoms with Crippen LogP contribution in [0.2, 0.25) is 0 Å². The third kappa shape index (κ3) is 4.56. The molecule has 0 saturated heterocycles. The van der Waals surface area contributed by atoms with E-state index in [2.05, 4.69) is 5.32 Å². The lowest BCUT2D eigenvalue weighted by Gasteiger charge is -2.14. The molecule has 6 heteroatoms. The zero-order valence-corrected chi connectivity index (χ0v) is 14.2. The van der Waals surface area contributed by atoms with Gasteiger partial charge in [-0.1, -0.05) is 18.2 Å². The molecule has 0 atom stereocenters. The third-order valence-corrected chi connectivity index (χ3v) is 4.51. The Morgan fingerprint density at radius 2 is 1.78 bits per heavy atom. The Labute approximate surface area is 136 Å². The van der Waals surface area contributed by atoms with Crippen molar-refractivity contribution in [1.29, 1.82) is 0 Å². The molecule has 2 aromatic carbocycles. The molecular formula is C17H20N2O3S. The Bertz CT molecular complexity index is 814. The van der Waals surface area contributed by atoms with E-state index in [1.54, 1.807) is 12.1 Å². The van der Waals surface area contributed by atoms with Gasteiger partial charge in [-0.05, 0) is 35.9 Å². The number of sulfone groups is 1. The highest BCUT2D eigenvalue weighted by atomic mass is 32.2. The molecule has 0 bridgehead atoms. The van der Waals surface area contributed by atoms with Gasteiger partial charge in [0.15, 0.2) is 9.84 Å². The zero-order valence-electron chi connectivity index (χ0n) is 13.4. The monoisotopic (exact) mass is 332 g/mol. The predicted octanol–water partition coefficient (Wildman–Crippen LogP) is 2.09. The van der Waals surface area contributed by atoms with Gasteiger partial charge in [0, 0.05) is 38.1 Å². The van der Waals surface area contributed by atoms with Gasteiger partial charge in [0.25, 0.3) is 5.91 Å². The molecule has 1 amide bonds. The summed E-state index contributed by atoms with van der Waals surface area (Å²) in [5.74, 6) is -0.300. The van der Waals surface area contributed by atoms with Crippen molar-refractivity contribution in [1.82, 2.24) is 5.32 Å². The van der Waals surface area contributed by atoms with Crippen molar-refractivity contribution < 1.29 is 13.2 Å². The number of carbonyl (C=O) groups excluding carboxylic acids is 1. The lowest BCUT2D eigenvalue weighted by Crippen LogP contribution is -2.23. The van der Waals surface area contributed by atoms with Crippen LogP contribution in [0.5, 0.6) is 0 Å². The first-order valence-electron chi connectivity index (χ1n) is 7.12. The van der Waals surface area contributed by atoms with Crippen molar-refractivity contribution >= 4 is 21.4 Å². The average Bonchev–Trinajstić information content (AvgIpc) is 2.52. The third-order valence-electron chi connectivity index (χ3n) is 3.40. The number of rotatable bonds is 5. The van der Waals surface area contributed by atoms with Crippen LogP contribution in [-0.2, 0) is 16.4 Å². The van der Waals surface area contributed by atoms with E-state index in [1.807, 2.05) is 43.3 Å². The maximum absolute atomic E-state index is 12.2. The summed E-state index contributed by atoms with van der Waals surface area (Å²) in [6.45, 7) is 0.379. The first-order chi connectivity index (χ1) is 10.8. The zero-order chi connectivity index (χ0) is 17.0. The van der Waals surface area contributed by atoms with Crippen molar-refractivity contribution in [3.8, 4) is 0 Å². The second kappa shape index (κ2) is 6.83. The van der Waals surface area contributed by atoms with Crippen LogP contribution in [0.15, 0.2) is 53.4 Å². The molecule has 0 unspecified atom stereocenters. The first kappa shape index (κ1) is 17.0. The summed E-state index contributed by atoms with van der Waals surface area (Å²) < 4.78 is 23.1. The van der Waals surface area contributed by atoms with E-state index in [4.69, 9.17) is 0 Å². The molecule has 2 rings (SSSR count). The van der Waals surface area contributed by atoms with E-state index in [0.29, 0.717) is 12.1 Å². The van der Waals surface area contributed by atoms with Crippen LogP contribution >= 0.6 is 0 Å². The molecule has 122 valence electrons. The molecule has 0 aliphatic carbocycles. The van der Waals surface area contributed by atoms with E-state index in [-0.39, 0.29) is 10.8 Å². The Kier molecular flexibility index (Phi) is 5.05. The summed E-state index contributed by atoms with van der Waals surface area (Å²) in [4.78, 5) is 14.3. The van der Waals surface area contributed by atoms with Gasteiger partial charge in [-0.3, -0.25) is 4.79 Å². The topological polar surface area (TPSA) is 66.5 Å². The first-order valence-corrected chi connectivity index (χ1v) is 9.01. The Morgan fingerprint density at radius 3 is 2.43 bits per heavy atom. The number of nitrogens with one attached hydrogen (secondary N) is 1. The van der Waals surface area contributed by atoms with E-state index in [9.17, 15) is 13.2 Å². The van der Waals surface area contributed by atoms with Gasteiger partial charge in [0.05, 0.1) is 4.90 Å². The second-order valence-electron chi connectivity index (χ2n) is 5.55. The molecule has 0 aliphatic rings. The summed E-state index contributed by atoms with van der Waals surface area (Å²) in [7, 11) is 0.579. The summed E-state index contributed by atoms with van der Waals surface area (Å²) in [6, 6.07) is 13.9. The smallest absolute Gasteiger partial charge is 0.251 e. The van der Waals surface area contributed by atoms with E-state index < -0.39 is 9.84 Å².